The Labute approximate surface area is 194 Å². The van der Waals surface area contributed by atoms with E-state index in [0.29, 0.717) is 49.7 Å². The van der Waals surface area contributed by atoms with Crippen LogP contribution in [0, 0.1) is 17.0 Å². The molecule has 2 aromatic heterocycles. The van der Waals surface area contributed by atoms with Gasteiger partial charge in [-0.3, -0.25) is 24.6 Å². The van der Waals surface area contributed by atoms with Gasteiger partial charge in [0.15, 0.2) is 0 Å². The molecule has 0 bridgehead atoms. The minimum absolute atomic E-state index is 0.0516. The van der Waals surface area contributed by atoms with Crippen molar-refractivity contribution in [1.82, 2.24) is 19.8 Å². The number of aromatic amines is 1. The summed E-state index contributed by atoms with van der Waals surface area (Å²) in [6.07, 6.45) is 4.28. The summed E-state index contributed by atoms with van der Waals surface area (Å²) in [6.45, 7) is 4.58. The predicted molar refractivity (Wildman–Crippen MR) is 126 cm³/mol. The molecule has 5 rings (SSSR count). The van der Waals surface area contributed by atoms with Gasteiger partial charge in [0, 0.05) is 48.8 Å². The minimum Gasteiger partial charge on any atom is -0.336 e. The van der Waals surface area contributed by atoms with E-state index in [1.54, 1.807) is 29.2 Å². The Balaban J connectivity index is 1.26. The number of H-pyrrole nitrogens is 1. The van der Waals surface area contributed by atoms with Gasteiger partial charge in [-0.05, 0) is 49.8 Å². The summed E-state index contributed by atoms with van der Waals surface area (Å²) in [5, 5.41) is 11.9. The first-order valence-corrected chi connectivity index (χ1v) is 12.0. The second kappa shape index (κ2) is 8.68. The highest BCUT2D eigenvalue weighted by Crippen LogP contribution is 2.33. The Kier molecular flexibility index (Phi) is 5.71. The number of hydrogen-bond acceptors (Lipinski definition) is 7. The van der Waals surface area contributed by atoms with Crippen LogP contribution in [0.2, 0.25) is 0 Å². The Bertz CT molecular complexity index is 1310. The van der Waals surface area contributed by atoms with E-state index in [0.717, 1.165) is 29.5 Å². The summed E-state index contributed by atoms with van der Waals surface area (Å²) >= 11 is 1.65. The van der Waals surface area contributed by atoms with Crippen LogP contribution in [0.25, 0.3) is 10.2 Å². The van der Waals surface area contributed by atoms with E-state index >= 15 is 0 Å². The fourth-order valence-electron chi connectivity index (χ4n) is 4.78. The van der Waals surface area contributed by atoms with E-state index in [9.17, 15) is 19.7 Å². The Morgan fingerprint density at radius 1 is 1.18 bits per heavy atom. The number of benzene rings is 1. The second-order valence-corrected chi connectivity index (χ2v) is 9.87. The molecule has 0 atom stereocenters. The number of nitrogens with zero attached hydrogens (tertiary/aromatic N) is 4. The fourth-order valence-corrected chi connectivity index (χ4v) is 6.06. The van der Waals surface area contributed by atoms with E-state index in [1.807, 2.05) is 0 Å². The minimum atomic E-state index is -0.476. The molecule has 1 aliphatic carbocycles. The summed E-state index contributed by atoms with van der Waals surface area (Å²) < 4.78 is 0. The maximum Gasteiger partial charge on any atom is 0.270 e. The van der Waals surface area contributed by atoms with Crippen LogP contribution >= 0.6 is 11.3 Å². The molecule has 33 heavy (non-hydrogen) atoms. The lowest BCUT2D eigenvalue weighted by Gasteiger charge is -2.34. The smallest absolute Gasteiger partial charge is 0.270 e. The first-order chi connectivity index (χ1) is 15.9. The highest BCUT2D eigenvalue weighted by atomic mass is 32.1. The van der Waals surface area contributed by atoms with Crippen molar-refractivity contribution in [3.8, 4) is 0 Å². The molecule has 3 heterocycles. The van der Waals surface area contributed by atoms with E-state index < -0.39 is 4.92 Å². The molecule has 0 radical (unpaired) electrons. The van der Waals surface area contributed by atoms with Crippen LogP contribution in [0.5, 0.6) is 0 Å². The molecule has 1 saturated heterocycles. The Morgan fingerprint density at radius 2 is 1.94 bits per heavy atom. The van der Waals surface area contributed by atoms with Gasteiger partial charge in [-0.15, -0.1) is 11.3 Å². The third-order valence-corrected chi connectivity index (χ3v) is 7.61. The monoisotopic (exact) mass is 467 g/mol. The van der Waals surface area contributed by atoms with Crippen molar-refractivity contribution in [3.63, 3.8) is 0 Å². The Hall–Kier alpha value is -3.11. The van der Waals surface area contributed by atoms with Crippen LogP contribution in [0.15, 0.2) is 23.0 Å². The topological polar surface area (TPSA) is 112 Å². The number of nitro benzene ring substituents is 1. The van der Waals surface area contributed by atoms with Crippen LogP contribution < -0.4 is 5.56 Å². The largest absolute Gasteiger partial charge is 0.336 e. The molecule has 1 aliphatic heterocycles. The summed E-state index contributed by atoms with van der Waals surface area (Å²) in [7, 11) is 0. The zero-order valence-electron chi connectivity index (χ0n) is 18.4. The summed E-state index contributed by atoms with van der Waals surface area (Å²) in [4.78, 5) is 50.1. The van der Waals surface area contributed by atoms with Crippen molar-refractivity contribution in [3.05, 3.63) is 66.1 Å². The van der Waals surface area contributed by atoms with E-state index in [2.05, 4.69) is 9.88 Å². The lowest BCUT2D eigenvalue weighted by Crippen LogP contribution is -2.48. The number of fused-ring (bicyclic) bond motifs is 3. The van der Waals surface area contributed by atoms with Crippen molar-refractivity contribution in [2.75, 3.05) is 26.2 Å². The molecule has 2 aliphatic rings. The number of aromatic nitrogens is 2. The van der Waals surface area contributed by atoms with Gasteiger partial charge in [0.05, 0.1) is 16.9 Å². The average molecular weight is 468 g/mol. The van der Waals surface area contributed by atoms with Crippen molar-refractivity contribution in [2.24, 2.45) is 0 Å². The summed E-state index contributed by atoms with van der Waals surface area (Å²) in [5.74, 6) is 0.457. The van der Waals surface area contributed by atoms with Gasteiger partial charge < -0.3 is 9.88 Å². The molecule has 1 fully saturated rings. The van der Waals surface area contributed by atoms with Gasteiger partial charge in [0.2, 0.25) is 0 Å². The van der Waals surface area contributed by atoms with Gasteiger partial charge in [0.25, 0.3) is 17.2 Å². The highest BCUT2D eigenvalue weighted by molar-refractivity contribution is 7.18. The molecule has 9 nitrogen and oxygen atoms in total. The van der Waals surface area contributed by atoms with Crippen LogP contribution in [0.3, 0.4) is 0 Å². The third kappa shape index (κ3) is 4.28. The van der Waals surface area contributed by atoms with Crippen molar-refractivity contribution >= 4 is 33.1 Å². The average Bonchev–Trinajstić information content (AvgIpc) is 3.17. The number of piperazine rings is 1. The molecule has 3 aromatic rings. The summed E-state index contributed by atoms with van der Waals surface area (Å²) in [5.41, 5.74) is 2.09. The molecule has 0 saturated carbocycles. The van der Waals surface area contributed by atoms with Gasteiger partial charge in [-0.1, -0.05) is 0 Å². The lowest BCUT2D eigenvalue weighted by atomic mass is 9.97. The number of amides is 1. The number of carbonyl (C=O) groups excluding carboxylic acids is 1. The molecule has 1 aromatic carbocycles. The number of non-ortho nitro benzene ring substituents is 1. The maximum atomic E-state index is 12.9. The first-order valence-electron chi connectivity index (χ1n) is 11.2. The number of carbonyl (C=O) groups is 1. The van der Waals surface area contributed by atoms with Crippen molar-refractivity contribution in [1.29, 1.82) is 0 Å². The molecule has 1 amide bonds. The van der Waals surface area contributed by atoms with Crippen LogP contribution in [0.1, 0.15) is 45.0 Å². The number of thiophene rings is 1. The number of rotatable bonds is 4. The normalized spacial score (nSPS) is 16.7. The zero-order valence-corrected chi connectivity index (χ0v) is 19.2. The number of nitrogens with one attached hydrogen (secondary N) is 1. The number of aryl methyl sites for hydroxylation is 3. The van der Waals surface area contributed by atoms with Gasteiger partial charge >= 0.3 is 0 Å². The van der Waals surface area contributed by atoms with Crippen molar-refractivity contribution < 1.29 is 9.72 Å². The lowest BCUT2D eigenvalue weighted by molar-refractivity contribution is -0.384. The quantitative estimate of drug-likeness (QED) is 0.466. The second-order valence-electron chi connectivity index (χ2n) is 8.79. The SMILES string of the molecule is Cc1cc(C(=O)N2CCN(Cc3nc4sc5c(c4c(=O)[nH]3)CCCC5)CC2)cc([N+](=O)[O-])c1. The van der Waals surface area contributed by atoms with Gasteiger partial charge in [-0.25, -0.2) is 4.98 Å². The predicted octanol–water partition coefficient (Wildman–Crippen LogP) is 3.04. The van der Waals surface area contributed by atoms with Gasteiger partial charge in [0.1, 0.15) is 10.7 Å². The van der Waals surface area contributed by atoms with Crippen molar-refractivity contribution in [2.45, 2.75) is 39.2 Å². The van der Waals surface area contributed by atoms with E-state index in [-0.39, 0.29) is 17.2 Å². The maximum absolute atomic E-state index is 12.9. The number of nitro groups is 1. The molecular weight excluding hydrogens is 442 g/mol. The standard InChI is InChI=1S/C23H25N5O4S/c1-14-10-15(12-16(11-14)28(31)32)23(30)27-8-6-26(7-9-27)13-19-24-21(29)20-17-4-2-3-5-18(17)33-22(20)25-19/h10-12H,2-9,13H2,1H3,(H,24,25,29). The van der Waals surface area contributed by atoms with Crippen LogP contribution in [-0.4, -0.2) is 56.8 Å². The highest BCUT2D eigenvalue weighted by Gasteiger charge is 2.25. The molecule has 172 valence electrons. The van der Waals surface area contributed by atoms with Gasteiger partial charge in [-0.2, -0.15) is 0 Å². The summed E-state index contributed by atoms with van der Waals surface area (Å²) in [6, 6.07) is 4.49. The number of hydrogen-bond donors (Lipinski definition) is 1. The Morgan fingerprint density at radius 3 is 2.70 bits per heavy atom. The van der Waals surface area contributed by atoms with Crippen LogP contribution in [0.4, 0.5) is 5.69 Å². The molecule has 0 unspecified atom stereocenters. The van der Waals surface area contributed by atoms with E-state index in [1.165, 1.54) is 29.0 Å². The van der Waals surface area contributed by atoms with E-state index in [4.69, 9.17) is 4.98 Å². The first kappa shape index (κ1) is 21.7. The fraction of sp³-hybridized carbons (Fsp3) is 0.435. The van der Waals surface area contributed by atoms with Crippen LogP contribution in [-0.2, 0) is 19.4 Å². The zero-order chi connectivity index (χ0) is 23.1. The third-order valence-electron chi connectivity index (χ3n) is 6.43. The molecule has 0 spiro atoms. The molecular formula is C23H25N5O4S. The molecule has 1 N–H and O–H groups in total. The molecule has 10 heteroatoms.